The predicted octanol–water partition coefficient (Wildman–Crippen LogP) is 1.71. The Morgan fingerprint density at radius 3 is 2.71 bits per heavy atom. The maximum Gasteiger partial charge on any atom is 0.317 e. The zero-order valence-electron chi connectivity index (χ0n) is 11.4. The summed E-state index contributed by atoms with van der Waals surface area (Å²) in [6.45, 7) is 1.86. The van der Waals surface area contributed by atoms with Crippen molar-refractivity contribution in [1.82, 2.24) is 9.80 Å². The van der Waals surface area contributed by atoms with E-state index >= 15 is 0 Å². The van der Waals surface area contributed by atoms with Crippen molar-refractivity contribution in [3.63, 3.8) is 0 Å². The van der Waals surface area contributed by atoms with Crippen molar-refractivity contribution >= 4 is 23.5 Å². The molecule has 0 aliphatic carbocycles. The second-order valence-corrected chi connectivity index (χ2v) is 5.38. The van der Waals surface area contributed by atoms with Gasteiger partial charge in [-0.2, -0.15) is 0 Å². The summed E-state index contributed by atoms with van der Waals surface area (Å²) in [6.07, 6.45) is 0.654. The highest BCUT2D eigenvalue weighted by Crippen LogP contribution is 2.17. The second-order valence-electron chi connectivity index (χ2n) is 4.94. The minimum absolute atomic E-state index is 0.0471. The first kappa shape index (κ1) is 15.7. The number of amides is 1. The molecule has 0 atom stereocenters. The van der Waals surface area contributed by atoms with Gasteiger partial charge in [-0.3, -0.25) is 14.5 Å². The fourth-order valence-corrected chi connectivity index (χ4v) is 2.53. The maximum atomic E-state index is 13.7. The van der Waals surface area contributed by atoms with Gasteiger partial charge in [-0.25, -0.2) is 4.39 Å². The number of aliphatic carboxylic acids is 1. The first-order valence-electron chi connectivity index (χ1n) is 6.66. The van der Waals surface area contributed by atoms with E-state index in [2.05, 4.69) is 0 Å². The van der Waals surface area contributed by atoms with Crippen LogP contribution in [0.1, 0.15) is 16.8 Å². The van der Waals surface area contributed by atoms with Gasteiger partial charge in [0.25, 0.3) is 5.91 Å². The van der Waals surface area contributed by atoms with Crippen molar-refractivity contribution < 1.29 is 19.1 Å². The van der Waals surface area contributed by atoms with Gasteiger partial charge in [-0.1, -0.05) is 11.6 Å². The Hall–Kier alpha value is -1.66. The lowest BCUT2D eigenvalue weighted by Crippen LogP contribution is -2.37. The molecule has 1 N–H and O–H groups in total. The van der Waals surface area contributed by atoms with Crippen LogP contribution in [-0.2, 0) is 4.79 Å². The first-order valence-corrected chi connectivity index (χ1v) is 7.03. The van der Waals surface area contributed by atoms with E-state index < -0.39 is 17.7 Å². The van der Waals surface area contributed by atoms with Crippen LogP contribution in [0.5, 0.6) is 0 Å². The lowest BCUT2D eigenvalue weighted by molar-refractivity contribution is -0.138. The standard InChI is InChI=1S/C14H16ClFN2O3/c15-10-2-3-12(16)11(8-10)14(21)18-5-1-4-17(6-7-18)9-13(19)20/h2-3,8H,1,4-7,9H2,(H,19,20). The van der Waals surface area contributed by atoms with Gasteiger partial charge in [0.1, 0.15) is 5.82 Å². The van der Waals surface area contributed by atoms with Crippen molar-refractivity contribution in [1.29, 1.82) is 0 Å². The smallest absolute Gasteiger partial charge is 0.317 e. The zero-order chi connectivity index (χ0) is 15.4. The van der Waals surface area contributed by atoms with Crippen LogP contribution in [0.3, 0.4) is 0 Å². The molecule has 0 bridgehead atoms. The Bertz CT molecular complexity index is 553. The fraction of sp³-hybridized carbons (Fsp3) is 0.429. The number of carbonyl (C=O) groups is 2. The van der Waals surface area contributed by atoms with E-state index in [1.54, 1.807) is 4.90 Å². The van der Waals surface area contributed by atoms with Crippen molar-refractivity contribution in [2.75, 3.05) is 32.7 Å². The molecule has 7 heteroatoms. The number of carboxylic acids is 1. The van der Waals surface area contributed by atoms with Crippen LogP contribution in [0.2, 0.25) is 5.02 Å². The van der Waals surface area contributed by atoms with Gasteiger partial charge in [0.05, 0.1) is 12.1 Å². The largest absolute Gasteiger partial charge is 0.480 e. The maximum absolute atomic E-state index is 13.7. The number of halogens is 2. The molecule has 1 amide bonds. The molecule has 1 aliphatic heterocycles. The first-order chi connectivity index (χ1) is 9.97. The van der Waals surface area contributed by atoms with Crippen LogP contribution in [-0.4, -0.2) is 59.5 Å². The average Bonchev–Trinajstić information content (AvgIpc) is 2.66. The highest BCUT2D eigenvalue weighted by molar-refractivity contribution is 6.31. The summed E-state index contributed by atoms with van der Waals surface area (Å²) >= 11 is 5.80. The Kier molecular flexibility index (Phi) is 5.14. The summed E-state index contributed by atoms with van der Waals surface area (Å²) in [4.78, 5) is 26.4. The van der Waals surface area contributed by atoms with E-state index in [-0.39, 0.29) is 12.1 Å². The lowest BCUT2D eigenvalue weighted by atomic mass is 10.2. The summed E-state index contributed by atoms with van der Waals surface area (Å²) < 4.78 is 13.7. The fourth-order valence-electron chi connectivity index (χ4n) is 2.36. The minimum Gasteiger partial charge on any atom is -0.480 e. The quantitative estimate of drug-likeness (QED) is 0.922. The van der Waals surface area contributed by atoms with E-state index in [1.807, 2.05) is 0 Å². The van der Waals surface area contributed by atoms with Crippen molar-refractivity contribution in [3.05, 3.63) is 34.6 Å². The molecule has 0 saturated carbocycles. The number of nitrogens with zero attached hydrogens (tertiary/aromatic N) is 2. The van der Waals surface area contributed by atoms with Gasteiger partial charge in [0.2, 0.25) is 0 Å². The molecule has 114 valence electrons. The number of rotatable bonds is 3. The van der Waals surface area contributed by atoms with E-state index in [4.69, 9.17) is 16.7 Å². The van der Waals surface area contributed by atoms with Gasteiger partial charge in [-0.15, -0.1) is 0 Å². The molecule has 1 aromatic carbocycles. The van der Waals surface area contributed by atoms with Crippen LogP contribution < -0.4 is 0 Å². The summed E-state index contributed by atoms with van der Waals surface area (Å²) in [6, 6.07) is 3.88. The molecule has 0 aromatic heterocycles. The van der Waals surface area contributed by atoms with E-state index in [0.717, 1.165) is 0 Å². The molecular weight excluding hydrogens is 299 g/mol. The summed E-state index contributed by atoms with van der Waals surface area (Å²) in [7, 11) is 0. The highest BCUT2D eigenvalue weighted by Gasteiger charge is 2.23. The molecular formula is C14H16ClFN2O3. The van der Waals surface area contributed by atoms with Crippen molar-refractivity contribution in [3.8, 4) is 0 Å². The Balaban J connectivity index is 2.06. The van der Waals surface area contributed by atoms with E-state index in [9.17, 15) is 14.0 Å². The number of carbonyl (C=O) groups excluding carboxylic acids is 1. The van der Waals surface area contributed by atoms with Gasteiger partial charge in [0, 0.05) is 31.2 Å². The van der Waals surface area contributed by atoms with E-state index in [1.165, 1.54) is 23.1 Å². The normalized spacial score (nSPS) is 16.6. The number of hydrogen-bond donors (Lipinski definition) is 1. The number of benzene rings is 1. The molecule has 1 aromatic rings. The monoisotopic (exact) mass is 314 g/mol. The van der Waals surface area contributed by atoms with Crippen LogP contribution in [0.4, 0.5) is 4.39 Å². The molecule has 1 fully saturated rings. The summed E-state index contributed by atoms with van der Waals surface area (Å²) in [5.74, 6) is -1.90. The molecule has 0 unspecified atom stereocenters. The predicted molar refractivity (Wildman–Crippen MR) is 76.0 cm³/mol. The van der Waals surface area contributed by atoms with E-state index in [0.29, 0.717) is 37.6 Å². The minimum atomic E-state index is -0.893. The SMILES string of the molecule is O=C(O)CN1CCCN(C(=O)c2cc(Cl)ccc2F)CC1. The second kappa shape index (κ2) is 6.87. The average molecular weight is 315 g/mol. The molecule has 21 heavy (non-hydrogen) atoms. The third kappa shape index (κ3) is 4.15. The van der Waals surface area contributed by atoms with Crippen molar-refractivity contribution in [2.45, 2.75) is 6.42 Å². The summed E-state index contributed by atoms with van der Waals surface area (Å²) in [5.41, 5.74) is -0.0471. The van der Waals surface area contributed by atoms with Gasteiger partial charge in [-0.05, 0) is 24.6 Å². The molecule has 1 saturated heterocycles. The van der Waals surface area contributed by atoms with Crippen LogP contribution in [0, 0.1) is 5.82 Å². The van der Waals surface area contributed by atoms with Crippen LogP contribution in [0.25, 0.3) is 0 Å². The Labute approximate surface area is 126 Å². The summed E-state index contributed by atoms with van der Waals surface area (Å²) in [5, 5.41) is 9.10. The van der Waals surface area contributed by atoms with Gasteiger partial charge < -0.3 is 10.0 Å². The van der Waals surface area contributed by atoms with Crippen LogP contribution >= 0.6 is 11.6 Å². The number of hydrogen-bond acceptors (Lipinski definition) is 3. The zero-order valence-corrected chi connectivity index (χ0v) is 12.1. The third-order valence-electron chi connectivity index (χ3n) is 3.39. The Morgan fingerprint density at radius 2 is 2.00 bits per heavy atom. The van der Waals surface area contributed by atoms with Gasteiger partial charge >= 0.3 is 5.97 Å². The van der Waals surface area contributed by atoms with Gasteiger partial charge in [0.15, 0.2) is 0 Å². The molecule has 1 heterocycles. The molecule has 0 radical (unpaired) electrons. The topological polar surface area (TPSA) is 60.9 Å². The van der Waals surface area contributed by atoms with Crippen molar-refractivity contribution in [2.24, 2.45) is 0 Å². The third-order valence-corrected chi connectivity index (χ3v) is 3.63. The Morgan fingerprint density at radius 1 is 1.24 bits per heavy atom. The highest BCUT2D eigenvalue weighted by atomic mass is 35.5. The molecule has 1 aliphatic rings. The molecule has 5 nitrogen and oxygen atoms in total. The molecule has 0 spiro atoms. The number of carboxylic acid groups (broad SMARTS) is 1. The lowest BCUT2D eigenvalue weighted by Gasteiger charge is -2.21. The molecule has 2 rings (SSSR count). The van der Waals surface area contributed by atoms with Crippen LogP contribution in [0.15, 0.2) is 18.2 Å².